The van der Waals surface area contributed by atoms with Crippen LogP contribution in [0.25, 0.3) is 5.57 Å². The zero-order valence-electron chi connectivity index (χ0n) is 8.36. The summed E-state index contributed by atoms with van der Waals surface area (Å²) in [5.41, 5.74) is 0.919. The van der Waals surface area contributed by atoms with Gasteiger partial charge in [0.15, 0.2) is 0 Å². The van der Waals surface area contributed by atoms with Crippen LogP contribution in [0.2, 0.25) is 0 Å². The Balaban J connectivity index is 2.88. The molecule has 1 rings (SSSR count). The molecule has 0 bridgehead atoms. The summed E-state index contributed by atoms with van der Waals surface area (Å²) in [6.07, 6.45) is 2.12. The van der Waals surface area contributed by atoms with Gasteiger partial charge in [-0.1, -0.05) is 19.9 Å². The summed E-state index contributed by atoms with van der Waals surface area (Å²) in [6.45, 7) is 4.17. The normalized spacial score (nSPS) is 12.1. The van der Waals surface area contributed by atoms with Gasteiger partial charge in [-0.25, -0.2) is 4.79 Å². The molecule has 1 heterocycles. The maximum atomic E-state index is 10.6. The van der Waals surface area contributed by atoms with Crippen LogP contribution in [-0.2, 0) is 4.79 Å². The van der Waals surface area contributed by atoms with Crippen LogP contribution in [0.3, 0.4) is 0 Å². The van der Waals surface area contributed by atoms with Crippen molar-refractivity contribution in [3.63, 3.8) is 0 Å². The predicted octanol–water partition coefficient (Wildman–Crippen LogP) is 3.26. The number of carboxylic acids is 1. The van der Waals surface area contributed by atoms with E-state index in [1.807, 2.05) is 17.5 Å². The maximum absolute atomic E-state index is 10.6. The van der Waals surface area contributed by atoms with E-state index in [-0.39, 0.29) is 0 Å². The first-order valence-electron chi connectivity index (χ1n) is 4.57. The lowest BCUT2D eigenvalue weighted by Gasteiger charge is -2.06. The Morgan fingerprint density at radius 3 is 2.79 bits per heavy atom. The molecule has 76 valence electrons. The minimum Gasteiger partial charge on any atom is -0.478 e. The van der Waals surface area contributed by atoms with Gasteiger partial charge in [-0.3, -0.25) is 0 Å². The Morgan fingerprint density at radius 1 is 1.64 bits per heavy atom. The van der Waals surface area contributed by atoms with Gasteiger partial charge >= 0.3 is 5.97 Å². The van der Waals surface area contributed by atoms with Crippen molar-refractivity contribution in [1.29, 1.82) is 0 Å². The quantitative estimate of drug-likeness (QED) is 0.774. The molecule has 2 nitrogen and oxygen atoms in total. The highest BCUT2D eigenvalue weighted by molar-refractivity contribution is 7.11. The average molecular weight is 210 g/mol. The highest BCUT2D eigenvalue weighted by atomic mass is 32.1. The molecule has 0 atom stereocenters. The van der Waals surface area contributed by atoms with E-state index in [1.165, 1.54) is 6.08 Å². The van der Waals surface area contributed by atoms with E-state index in [2.05, 4.69) is 13.8 Å². The summed E-state index contributed by atoms with van der Waals surface area (Å²) in [5.74, 6) is -0.392. The minimum absolute atomic E-state index is 0.475. The van der Waals surface area contributed by atoms with Gasteiger partial charge in [0.05, 0.1) is 0 Å². The molecule has 0 fully saturated rings. The van der Waals surface area contributed by atoms with E-state index in [0.717, 1.165) is 16.9 Å². The molecule has 3 heteroatoms. The van der Waals surface area contributed by atoms with E-state index < -0.39 is 5.97 Å². The second kappa shape index (κ2) is 4.96. The fourth-order valence-corrected chi connectivity index (χ4v) is 2.04. The average Bonchev–Trinajstić information content (AvgIpc) is 2.52. The molecular weight excluding hydrogens is 196 g/mol. The molecule has 0 aromatic carbocycles. The summed E-state index contributed by atoms with van der Waals surface area (Å²) < 4.78 is 0. The number of allylic oxidation sites excluding steroid dienone is 1. The lowest BCUT2D eigenvalue weighted by Crippen LogP contribution is -1.95. The number of carboxylic acid groups (broad SMARTS) is 1. The van der Waals surface area contributed by atoms with Crippen molar-refractivity contribution < 1.29 is 9.90 Å². The van der Waals surface area contributed by atoms with Gasteiger partial charge < -0.3 is 5.11 Å². The molecule has 0 radical (unpaired) electrons. The molecule has 14 heavy (non-hydrogen) atoms. The molecule has 0 aliphatic carbocycles. The molecule has 0 aliphatic heterocycles. The molecule has 0 spiro atoms. The molecular formula is C11H14O2S. The number of hydrogen-bond donors (Lipinski definition) is 1. The Hall–Kier alpha value is -1.09. The predicted molar refractivity (Wildman–Crippen MR) is 59.4 cm³/mol. The smallest absolute Gasteiger partial charge is 0.328 e. The van der Waals surface area contributed by atoms with Crippen LogP contribution in [0.5, 0.6) is 0 Å². The first kappa shape index (κ1) is 11.0. The van der Waals surface area contributed by atoms with Crippen molar-refractivity contribution in [3.8, 4) is 0 Å². The third-order valence-electron chi connectivity index (χ3n) is 1.76. The van der Waals surface area contributed by atoms with E-state index in [9.17, 15) is 4.79 Å². The lowest BCUT2D eigenvalue weighted by molar-refractivity contribution is -0.131. The first-order valence-corrected chi connectivity index (χ1v) is 5.45. The number of hydrogen-bond acceptors (Lipinski definition) is 2. The largest absolute Gasteiger partial charge is 0.478 e. The highest BCUT2D eigenvalue weighted by Gasteiger charge is 2.07. The molecule has 0 unspecified atom stereocenters. The summed E-state index contributed by atoms with van der Waals surface area (Å²) in [4.78, 5) is 11.7. The second-order valence-corrected chi connectivity index (χ2v) is 4.53. The Kier molecular flexibility index (Phi) is 3.89. The van der Waals surface area contributed by atoms with Crippen LogP contribution >= 0.6 is 11.3 Å². The number of carbonyl (C=O) groups is 1. The van der Waals surface area contributed by atoms with Gasteiger partial charge in [-0.05, 0) is 29.4 Å². The van der Waals surface area contributed by atoms with Crippen LogP contribution in [0.15, 0.2) is 23.6 Å². The van der Waals surface area contributed by atoms with Gasteiger partial charge in [-0.15, -0.1) is 11.3 Å². The van der Waals surface area contributed by atoms with Gasteiger partial charge in [0.1, 0.15) is 0 Å². The van der Waals surface area contributed by atoms with Gasteiger partial charge in [0.2, 0.25) is 0 Å². The fraction of sp³-hybridized carbons (Fsp3) is 0.364. The molecule has 0 amide bonds. The molecule has 1 aromatic rings. The van der Waals surface area contributed by atoms with E-state index in [1.54, 1.807) is 11.3 Å². The number of aliphatic carboxylic acids is 1. The van der Waals surface area contributed by atoms with Gasteiger partial charge in [-0.2, -0.15) is 0 Å². The lowest BCUT2D eigenvalue weighted by atomic mass is 10.0. The summed E-state index contributed by atoms with van der Waals surface area (Å²) in [5, 5.41) is 10.7. The Labute approximate surface area is 87.9 Å². The van der Waals surface area contributed by atoms with Crippen LogP contribution in [-0.4, -0.2) is 11.1 Å². The van der Waals surface area contributed by atoms with Crippen molar-refractivity contribution in [2.24, 2.45) is 5.92 Å². The van der Waals surface area contributed by atoms with Crippen LogP contribution in [0.1, 0.15) is 25.1 Å². The van der Waals surface area contributed by atoms with E-state index >= 15 is 0 Å². The van der Waals surface area contributed by atoms with Crippen molar-refractivity contribution in [3.05, 3.63) is 28.5 Å². The van der Waals surface area contributed by atoms with E-state index in [4.69, 9.17) is 5.11 Å². The number of thiophene rings is 1. The molecule has 0 saturated heterocycles. The number of rotatable bonds is 4. The van der Waals surface area contributed by atoms with Crippen LogP contribution in [0, 0.1) is 5.92 Å². The first-order chi connectivity index (χ1) is 6.59. The van der Waals surface area contributed by atoms with Crippen LogP contribution < -0.4 is 0 Å². The van der Waals surface area contributed by atoms with Gasteiger partial charge in [0.25, 0.3) is 0 Å². The highest BCUT2D eigenvalue weighted by Crippen LogP contribution is 2.26. The summed E-state index contributed by atoms with van der Waals surface area (Å²) in [6, 6.07) is 3.90. The van der Waals surface area contributed by atoms with E-state index in [0.29, 0.717) is 5.92 Å². The minimum atomic E-state index is -0.867. The molecule has 1 aromatic heterocycles. The van der Waals surface area contributed by atoms with Crippen LogP contribution in [0.4, 0.5) is 0 Å². The SMILES string of the molecule is CC(C)C/C(=C\C(=O)O)c1cccs1. The molecule has 0 aliphatic rings. The van der Waals surface area contributed by atoms with Gasteiger partial charge in [0, 0.05) is 11.0 Å². The molecule has 0 saturated carbocycles. The third kappa shape index (κ3) is 3.34. The topological polar surface area (TPSA) is 37.3 Å². The molecule has 1 N–H and O–H groups in total. The maximum Gasteiger partial charge on any atom is 0.328 e. The van der Waals surface area contributed by atoms with Crippen molar-refractivity contribution in [2.45, 2.75) is 20.3 Å². The summed E-state index contributed by atoms with van der Waals surface area (Å²) in [7, 11) is 0. The Morgan fingerprint density at radius 2 is 2.36 bits per heavy atom. The monoisotopic (exact) mass is 210 g/mol. The van der Waals surface area contributed by atoms with Crippen molar-refractivity contribution >= 4 is 22.9 Å². The van der Waals surface area contributed by atoms with Crippen molar-refractivity contribution in [2.75, 3.05) is 0 Å². The summed E-state index contributed by atoms with van der Waals surface area (Å²) >= 11 is 1.58. The standard InChI is InChI=1S/C11H14O2S/c1-8(2)6-9(7-11(12)13)10-4-3-5-14-10/h3-5,7-8H,6H2,1-2H3,(H,12,13)/b9-7+. The van der Waals surface area contributed by atoms with Crippen molar-refractivity contribution in [1.82, 2.24) is 0 Å². The fourth-order valence-electron chi connectivity index (χ4n) is 1.28. The zero-order valence-corrected chi connectivity index (χ0v) is 9.17. The second-order valence-electron chi connectivity index (χ2n) is 3.58. The Bertz CT molecular complexity index is 323. The third-order valence-corrected chi connectivity index (χ3v) is 2.71. The zero-order chi connectivity index (χ0) is 10.6.